The summed E-state index contributed by atoms with van der Waals surface area (Å²) in [4.78, 5) is 14.2. The van der Waals surface area contributed by atoms with Crippen LogP contribution in [0.5, 0.6) is 5.75 Å². The number of carbonyl (C=O) groups excluding carboxylic acids is 1. The maximum atomic E-state index is 12.0. The molecule has 0 aliphatic rings. The highest BCUT2D eigenvalue weighted by Gasteiger charge is 2.14. The van der Waals surface area contributed by atoms with E-state index in [2.05, 4.69) is 25.7 Å². The number of benzene rings is 2. The average molecular weight is 341 g/mol. The summed E-state index contributed by atoms with van der Waals surface area (Å²) in [6, 6.07) is 17.7. The fourth-order valence-electron chi connectivity index (χ4n) is 2.67. The molecule has 134 valence electrons. The molecule has 0 aromatic heterocycles. The Morgan fingerprint density at radius 2 is 1.72 bits per heavy atom. The highest BCUT2D eigenvalue weighted by Crippen LogP contribution is 2.28. The van der Waals surface area contributed by atoms with Crippen molar-refractivity contribution in [2.45, 2.75) is 33.1 Å². The molecule has 2 aromatic carbocycles. The second-order valence-corrected chi connectivity index (χ2v) is 5.96. The van der Waals surface area contributed by atoms with Gasteiger partial charge in [0.15, 0.2) is 0 Å². The Morgan fingerprint density at radius 1 is 1.04 bits per heavy atom. The summed E-state index contributed by atoms with van der Waals surface area (Å²) >= 11 is 0. The molecule has 1 unspecified atom stereocenters. The van der Waals surface area contributed by atoms with E-state index in [0.717, 1.165) is 24.2 Å². The maximum Gasteiger partial charge on any atom is 0.513 e. The van der Waals surface area contributed by atoms with Gasteiger partial charge in [-0.3, -0.25) is 0 Å². The largest absolute Gasteiger partial charge is 0.513 e. The van der Waals surface area contributed by atoms with E-state index in [1.54, 1.807) is 0 Å². The van der Waals surface area contributed by atoms with Crippen molar-refractivity contribution >= 4 is 11.8 Å². The van der Waals surface area contributed by atoms with Gasteiger partial charge in [0.2, 0.25) is 0 Å². The molecule has 0 spiro atoms. The minimum absolute atomic E-state index is 0.285. The molecule has 25 heavy (non-hydrogen) atoms. The van der Waals surface area contributed by atoms with Crippen LogP contribution in [0.2, 0.25) is 0 Å². The fourth-order valence-corrected chi connectivity index (χ4v) is 2.67. The number of hydrogen-bond donors (Lipinski definition) is 0. The van der Waals surface area contributed by atoms with Crippen LogP contribution in [-0.4, -0.2) is 25.9 Å². The zero-order valence-electron chi connectivity index (χ0n) is 15.3. The van der Waals surface area contributed by atoms with Gasteiger partial charge in [0.1, 0.15) is 12.4 Å². The van der Waals surface area contributed by atoms with Crippen molar-refractivity contribution in [3.63, 3.8) is 0 Å². The highest BCUT2D eigenvalue weighted by atomic mass is 16.7. The molecule has 2 aromatic rings. The summed E-state index contributed by atoms with van der Waals surface area (Å²) in [6.45, 7) is 8.07. The molecule has 1 atom stereocenters. The molecule has 0 saturated heterocycles. The summed E-state index contributed by atoms with van der Waals surface area (Å²) in [6.07, 6.45) is 0.331. The Balaban J connectivity index is 1.87. The van der Waals surface area contributed by atoms with Gasteiger partial charge in [0.05, 0.1) is 6.54 Å². The smallest absolute Gasteiger partial charge is 0.432 e. The Kier molecular flexibility index (Phi) is 7.33. The molecule has 0 fully saturated rings. The molecule has 0 amide bonds. The number of ether oxygens (including phenoxy) is 2. The molecule has 0 saturated carbocycles. The van der Waals surface area contributed by atoms with Gasteiger partial charge in [-0.25, -0.2) is 4.79 Å². The van der Waals surface area contributed by atoms with Crippen molar-refractivity contribution in [2.24, 2.45) is 0 Å². The number of nitrogens with zero attached hydrogens (tertiary/aromatic N) is 1. The Hall–Kier alpha value is -2.49. The van der Waals surface area contributed by atoms with Crippen LogP contribution in [0.4, 0.5) is 10.5 Å². The van der Waals surface area contributed by atoms with Crippen LogP contribution in [0, 0.1) is 0 Å². The lowest BCUT2D eigenvalue weighted by molar-refractivity contribution is 0.101. The number of rotatable bonds is 8. The van der Waals surface area contributed by atoms with E-state index in [-0.39, 0.29) is 6.61 Å². The first kappa shape index (κ1) is 18.8. The molecule has 0 heterocycles. The van der Waals surface area contributed by atoms with Crippen LogP contribution in [0.15, 0.2) is 54.6 Å². The van der Waals surface area contributed by atoms with Crippen LogP contribution in [0.25, 0.3) is 0 Å². The Bertz CT molecular complexity index is 657. The first-order valence-electron chi connectivity index (χ1n) is 8.89. The maximum absolute atomic E-state index is 12.0. The zero-order valence-corrected chi connectivity index (χ0v) is 15.3. The number of carbonyl (C=O) groups is 1. The lowest BCUT2D eigenvalue weighted by Crippen LogP contribution is -2.28. The summed E-state index contributed by atoms with van der Waals surface area (Å²) < 4.78 is 10.7. The molecule has 0 aliphatic heterocycles. The molecular weight excluding hydrogens is 314 g/mol. The highest BCUT2D eigenvalue weighted by molar-refractivity contribution is 5.64. The Morgan fingerprint density at radius 3 is 2.40 bits per heavy atom. The number of likely N-dealkylation sites (N-methyl/N-ethyl adjacent to an activating group) is 1. The van der Waals surface area contributed by atoms with Crippen molar-refractivity contribution < 1.29 is 14.3 Å². The van der Waals surface area contributed by atoms with Gasteiger partial charge in [-0.05, 0) is 43.0 Å². The monoisotopic (exact) mass is 341 g/mol. The van der Waals surface area contributed by atoms with Gasteiger partial charge in [0.25, 0.3) is 0 Å². The van der Waals surface area contributed by atoms with E-state index >= 15 is 0 Å². The van der Waals surface area contributed by atoms with Crippen LogP contribution in [0.3, 0.4) is 0 Å². The van der Waals surface area contributed by atoms with Crippen molar-refractivity contribution in [3.05, 3.63) is 60.2 Å². The van der Waals surface area contributed by atoms with Crippen molar-refractivity contribution in [1.29, 1.82) is 0 Å². The van der Waals surface area contributed by atoms with E-state index in [9.17, 15) is 4.79 Å². The SMILES string of the molecule is CCC(C)c1ccccc1OC(=O)OCCN(CC)c1ccccc1. The summed E-state index contributed by atoms with van der Waals surface area (Å²) in [5.41, 5.74) is 2.14. The van der Waals surface area contributed by atoms with E-state index < -0.39 is 6.16 Å². The minimum Gasteiger partial charge on any atom is -0.432 e. The second kappa shape index (κ2) is 9.72. The second-order valence-electron chi connectivity index (χ2n) is 5.96. The number of hydrogen-bond acceptors (Lipinski definition) is 4. The molecule has 0 radical (unpaired) electrons. The number of para-hydroxylation sites is 2. The standard InChI is InChI=1S/C21H27NO3/c1-4-17(3)19-13-9-10-14-20(19)25-21(23)24-16-15-22(5-2)18-11-7-6-8-12-18/h6-14,17H,4-5,15-16H2,1-3H3. The molecule has 0 N–H and O–H groups in total. The first-order valence-corrected chi connectivity index (χ1v) is 8.89. The third-order valence-corrected chi connectivity index (χ3v) is 4.34. The van der Waals surface area contributed by atoms with Crippen LogP contribution < -0.4 is 9.64 Å². The fraction of sp³-hybridized carbons (Fsp3) is 0.381. The van der Waals surface area contributed by atoms with E-state index in [1.807, 2.05) is 54.6 Å². The van der Waals surface area contributed by atoms with Gasteiger partial charge in [-0.15, -0.1) is 0 Å². The lowest BCUT2D eigenvalue weighted by Gasteiger charge is -2.22. The molecule has 2 rings (SSSR count). The van der Waals surface area contributed by atoms with Crippen LogP contribution in [-0.2, 0) is 4.74 Å². The summed E-state index contributed by atoms with van der Waals surface area (Å²) in [5, 5.41) is 0. The lowest BCUT2D eigenvalue weighted by atomic mass is 9.98. The van der Waals surface area contributed by atoms with Gasteiger partial charge in [-0.2, -0.15) is 0 Å². The average Bonchev–Trinajstić information content (AvgIpc) is 2.65. The van der Waals surface area contributed by atoms with Gasteiger partial charge in [0, 0.05) is 12.2 Å². The van der Waals surface area contributed by atoms with E-state index in [4.69, 9.17) is 9.47 Å². The third-order valence-electron chi connectivity index (χ3n) is 4.34. The first-order chi connectivity index (χ1) is 12.2. The predicted molar refractivity (Wildman–Crippen MR) is 101 cm³/mol. The molecular formula is C21H27NO3. The van der Waals surface area contributed by atoms with Crippen molar-refractivity contribution in [3.8, 4) is 5.75 Å². The van der Waals surface area contributed by atoms with E-state index in [1.165, 1.54) is 0 Å². The molecule has 0 aliphatic carbocycles. The van der Waals surface area contributed by atoms with Crippen molar-refractivity contribution in [1.82, 2.24) is 0 Å². The van der Waals surface area contributed by atoms with Crippen molar-refractivity contribution in [2.75, 3.05) is 24.6 Å². The van der Waals surface area contributed by atoms with Crippen LogP contribution >= 0.6 is 0 Å². The topological polar surface area (TPSA) is 38.8 Å². The molecule has 4 nitrogen and oxygen atoms in total. The summed E-state index contributed by atoms with van der Waals surface area (Å²) in [5.74, 6) is 0.912. The predicted octanol–water partition coefficient (Wildman–Crippen LogP) is 5.24. The Labute approximate surface area is 150 Å². The molecule has 4 heteroatoms. The third kappa shape index (κ3) is 5.52. The minimum atomic E-state index is -0.653. The quantitative estimate of drug-likeness (QED) is 0.486. The van der Waals surface area contributed by atoms with Gasteiger partial charge >= 0.3 is 6.16 Å². The normalized spacial score (nSPS) is 11.6. The van der Waals surface area contributed by atoms with Gasteiger partial charge in [-0.1, -0.05) is 50.2 Å². The van der Waals surface area contributed by atoms with Crippen LogP contribution in [0.1, 0.15) is 38.7 Å². The van der Waals surface area contributed by atoms with E-state index in [0.29, 0.717) is 18.2 Å². The number of anilines is 1. The summed E-state index contributed by atoms with van der Waals surface area (Å²) in [7, 11) is 0. The molecule has 0 bridgehead atoms. The zero-order chi connectivity index (χ0) is 18.1. The van der Waals surface area contributed by atoms with Gasteiger partial charge < -0.3 is 14.4 Å².